The van der Waals surface area contributed by atoms with Crippen molar-refractivity contribution < 1.29 is 19.4 Å². The van der Waals surface area contributed by atoms with Crippen molar-refractivity contribution in [3.8, 4) is 11.5 Å². The Bertz CT molecular complexity index is 979. The van der Waals surface area contributed by atoms with E-state index in [-0.39, 0.29) is 5.57 Å². The van der Waals surface area contributed by atoms with Crippen molar-refractivity contribution in [2.45, 2.75) is 6.61 Å². The van der Waals surface area contributed by atoms with Gasteiger partial charge >= 0.3 is 5.97 Å². The molecular weight excluding hydrogens is 376 g/mol. The first-order valence-electron chi connectivity index (χ1n) is 8.63. The van der Waals surface area contributed by atoms with Crippen LogP contribution in [0.4, 0.5) is 0 Å². The molecule has 28 heavy (non-hydrogen) atoms. The van der Waals surface area contributed by atoms with Crippen LogP contribution in [-0.2, 0) is 11.4 Å². The van der Waals surface area contributed by atoms with E-state index in [4.69, 9.17) is 21.1 Å². The van der Waals surface area contributed by atoms with Crippen LogP contribution in [0.5, 0.6) is 11.5 Å². The number of methoxy groups -OCH3 is 1. The minimum absolute atomic E-state index is 0.171. The highest BCUT2D eigenvalue weighted by Crippen LogP contribution is 2.34. The largest absolute Gasteiger partial charge is 0.493 e. The van der Waals surface area contributed by atoms with E-state index in [0.717, 1.165) is 5.56 Å². The predicted molar refractivity (Wildman–Crippen MR) is 111 cm³/mol. The van der Waals surface area contributed by atoms with Gasteiger partial charge in [0.15, 0.2) is 11.5 Å². The molecule has 0 heterocycles. The zero-order chi connectivity index (χ0) is 19.9. The van der Waals surface area contributed by atoms with Gasteiger partial charge in [0.2, 0.25) is 0 Å². The number of benzene rings is 3. The first-order chi connectivity index (χ1) is 13.6. The second kappa shape index (κ2) is 9.11. The molecule has 0 radical (unpaired) electrons. The highest BCUT2D eigenvalue weighted by Gasteiger charge is 2.15. The Morgan fingerprint density at radius 2 is 1.71 bits per heavy atom. The smallest absolute Gasteiger partial charge is 0.336 e. The van der Waals surface area contributed by atoms with Gasteiger partial charge in [-0.15, -0.1) is 0 Å². The van der Waals surface area contributed by atoms with Crippen molar-refractivity contribution in [3.05, 3.63) is 94.5 Å². The average molecular weight is 395 g/mol. The van der Waals surface area contributed by atoms with Crippen LogP contribution in [-0.4, -0.2) is 18.2 Å². The van der Waals surface area contributed by atoms with Gasteiger partial charge in [0.25, 0.3) is 0 Å². The van der Waals surface area contributed by atoms with Crippen LogP contribution in [0.25, 0.3) is 11.6 Å². The molecule has 0 saturated heterocycles. The standard InChI is InChI=1S/C23H19ClO4/c1-27-21-9-5-8-18(14-20(23(25)26)17-6-3-2-4-7-17)22(21)28-15-16-10-12-19(24)13-11-16/h2-14H,15H2,1H3,(H,25,26)/b20-14-. The van der Waals surface area contributed by atoms with Crippen LogP contribution in [0, 0.1) is 0 Å². The molecule has 0 aromatic heterocycles. The Balaban J connectivity index is 1.98. The molecule has 3 rings (SSSR count). The molecule has 0 spiro atoms. The highest BCUT2D eigenvalue weighted by atomic mass is 35.5. The van der Waals surface area contributed by atoms with E-state index in [1.165, 1.54) is 0 Å². The van der Waals surface area contributed by atoms with Gasteiger partial charge in [-0.2, -0.15) is 0 Å². The van der Waals surface area contributed by atoms with Crippen LogP contribution in [0.3, 0.4) is 0 Å². The molecule has 0 aliphatic heterocycles. The fraction of sp³-hybridized carbons (Fsp3) is 0.0870. The SMILES string of the molecule is COc1cccc(/C=C(\C(=O)O)c2ccccc2)c1OCc1ccc(Cl)cc1. The number of carboxylic acid groups (broad SMARTS) is 1. The van der Waals surface area contributed by atoms with Crippen LogP contribution in [0.15, 0.2) is 72.8 Å². The number of rotatable bonds is 7. The van der Waals surface area contributed by atoms with E-state index in [1.807, 2.05) is 18.2 Å². The first-order valence-corrected chi connectivity index (χ1v) is 9.01. The molecule has 0 saturated carbocycles. The van der Waals surface area contributed by atoms with Crippen LogP contribution in [0.2, 0.25) is 5.02 Å². The van der Waals surface area contributed by atoms with Crippen molar-refractivity contribution in [1.82, 2.24) is 0 Å². The number of aliphatic carboxylic acids is 1. The molecule has 3 aromatic rings. The Morgan fingerprint density at radius 1 is 1.00 bits per heavy atom. The lowest BCUT2D eigenvalue weighted by atomic mass is 10.0. The number of para-hydroxylation sites is 1. The lowest BCUT2D eigenvalue weighted by molar-refractivity contribution is -0.130. The van der Waals surface area contributed by atoms with Gasteiger partial charge in [-0.25, -0.2) is 4.79 Å². The Kier molecular flexibility index (Phi) is 6.35. The zero-order valence-electron chi connectivity index (χ0n) is 15.3. The minimum Gasteiger partial charge on any atom is -0.493 e. The molecule has 0 atom stereocenters. The van der Waals surface area contributed by atoms with Gasteiger partial charge in [0.1, 0.15) is 6.61 Å². The Labute approximate surface area is 168 Å². The number of hydrogen-bond acceptors (Lipinski definition) is 3. The normalized spacial score (nSPS) is 11.1. The second-order valence-electron chi connectivity index (χ2n) is 6.02. The third kappa shape index (κ3) is 4.72. The summed E-state index contributed by atoms with van der Waals surface area (Å²) in [5.41, 5.74) is 2.34. The number of halogens is 1. The molecule has 0 aliphatic carbocycles. The van der Waals surface area contributed by atoms with Crippen molar-refractivity contribution in [2.75, 3.05) is 7.11 Å². The quantitative estimate of drug-likeness (QED) is 0.421. The van der Waals surface area contributed by atoms with Gasteiger partial charge in [0, 0.05) is 10.6 Å². The molecule has 5 heteroatoms. The molecule has 0 bridgehead atoms. The number of ether oxygens (including phenoxy) is 2. The highest BCUT2D eigenvalue weighted by molar-refractivity contribution is 6.30. The fourth-order valence-corrected chi connectivity index (χ4v) is 2.87. The molecule has 1 N–H and O–H groups in total. The molecular formula is C23H19ClO4. The van der Waals surface area contributed by atoms with Crippen molar-refractivity contribution in [3.63, 3.8) is 0 Å². The van der Waals surface area contributed by atoms with Gasteiger partial charge in [-0.3, -0.25) is 0 Å². The molecule has 0 unspecified atom stereocenters. The number of carbonyl (C=O) groups is 1. The predicted octanol–water partition coefficient (Wildman–Crippen LogP) is 5.55. The van der Waals surface area contributed by atoms with Crippen LogP contribution < -0.4 is 9.47 Å². The Morgan fingerprint density at radius 3 is 2.36 bits per heavy atom. The summed E-state index contributed by atoms with van der Waals surface area (Å²) >= 11 is 5.92. The topological polar surface area (TPSA) is 55.8 Å². The summed E-state index contributed by atoms with van der Waals surface area (Å²) in [7, 11) is 1.55. The summed E-state index contributed by atoms with van der Waals surface area (Å²) in [5, 5.41) is 10.3. The van der Waals surface area contributed by atoms with Gasteiger partial charge in [-0.1, -0.05) is 66.2 Å². The molecule has 0 amide bonds. The lowest BCUT2D eigenvalue weighted by Crippen LogP contribution is -2.02. The molecule has 0 fully saturated rings. The number of hydrogen-bond donors (Lipinski definition) is 1. The van der Waals surface area contributed by atoms with Crippen molar-refractivity contribution >= 4 is 29.2 Å². The summed E-state index contributed by atoms with van der Waals surface area (Å²) in [5.74, 6) is -0.00665. The third-order valence-corrected chi connectivity index (χ3v) is 4.39. The lowest BCUT2D eigenvalue weighted by Gasteiger charge is -2.14. The fourth-order valence-electron chi connectivity index (χ4n) is 2.74. The third-order valence-electron chi connectivity index (χ3n) is 4.14. The first kappa shape index (κ1) is 19.5. The Hall–Kier alpha value is -3.24. The summed E-state index contributed by atoms with van der Waals surface area (Å²) in [6.07, 6.45) is 1.59. The molecule has 4 nitrogen and oxygen atoms in total. The van der Waals surface area contributed by atoms with Crippen LogP contribution >= 0.6 is 11.6 Å². The number of carboxylic acids is 1. The van der Waals surface area contributed by atoms with Gasteiger partial charge < -0.3 is 14.6 Å². The van der Waals surface area contributed by atoms with Gasteiger partial charge in [0.05, 0.1) is 12.7 Å². The van der Waals surface area contributed by atoms with Crippen LogP contribution in [0.1, 0.15) is 16.7 Å². The monoisotopic (exact) mass is 394 g/mol. The summed E-state index contributed by atoms with van der Waals surface area (Å²) in [6, 6.07) is 21.7. The summed E-state index contributed by atoms with van der Waals surface area (Å²) in [4.78, 5) is 11.8. The maximum atomic E-state index is 11.8. The van der Waals surface area contributed by atoms with Gasteiger partial charge in [-0.05, 0) is 35.4 Å². The average Bonchev–Trinajstić information content (AvgIpc) is 2.72. The molecule has 0 aliphatic rings. The minimum atomic E-state index is -1.02. The van der Waals surface area contributed by atoms with Crippen molar-refractivity contribution in [2.24, 2.45) is 0 Å². The van der Waals surface area contributed by atoms with Crippen molar-refractivity contribution in [1.29, 1.82) is 0 Å². The van der Waals surface area contributed by atoms with E-state index in [0.29, 0.717) is 34.3 Å². The van der Waals surface area contributed by atoms with E-state index in [2.05, 4.69) is 0 Å². The maximum Gasteiger partial charge on any atom is 0.336 e. The second-order valence-corrected chi connectivity index (χ2v) is 6.46. The van der Waals surface area contributed by atoms with E-state index < -0.39 is 5.97 Å². The summed E-state index contributed by atoms with van der Waals surface area (Å²) in [6.45, 7) is 0.298. The van der Waals surface area contributed by atoms with E-state index in [9.17, 15) is 9.90 Å². The molecule has 3 aromatic carbocycles. The maximum absolute atomic E-state index is 11.8. The molecule has 142 valence electrons. The summed E-state index contributed by atoms with van der Waals surface area (Å²) < 4.78 is 11.4. The zero-order valence-corrected chi connectivity index (χ0v) is 16.0. The van der Waals surface area contributed by atoms with E-state index >= 15 is 0 Å². The van der Waals surface area contributed by atoms with E-state index in [1.54, 1.807) is 67.8 Å².